The van der Waals surface area contributed by atoms with E-state index >= 15 is 0 Å². The highest BCUT2D eigenvalue weighted by atomic mass is 35.5. The number of imidazole rings is 1. The van der Waals surface area contributed by atoms with Crippen LogP contribution in [0.25, 0.3) is 5.95 Å². The smallest absolute Gasteiger partial charge is 0.321 e. The first-order chi connectivity index (χ1) is 19.7. The molecule has 10 nitrogen and oxygen atoms in total. The Morgan fingerprint density at radius 2 is 1.76 bits per heavy atom. The van der Waals surface area contributed by atoms with E-state index in [9.17, 15) is 9.59 Å². The van der Waals surface area contributed by atoms with Crippen LogP contribution in [0.15, 0.2) is 67.3 Å². The van der Waals surface area contributed by atoms with Crippen LogP contribution < -0.4 is 15.5 Å². The second-order valence-electron chi connectivity index (χ2n) is 9.28. The van der Waals surface area contributed by atoms with Crippen molar-refractivity contribution in [3.8, 4) is 5.95 Å². The number of anilines is 2. The molecule has 2 N–H and O–H groups in total. The van der Waals surface area contributed by atoms with E-state index in [1.807, 2.05) is 17.0 Å². The van der Waals surface area contributed by atoms with Crippen LogP contribution in [-0.2, 0) is 11.3 Å². The number of amides is 3. The van der Waals surface area contributed by atoms with Gasteiger partial charge in [-0.05, 0) is 35.9 Å². The Hall–Kier alpha value is -3.57. The van der Waals surface area contributed by atoms with Crippen molar-refractivity contribution in [3.05, 3.63) is 93.0 Å². The highest BCUT2D eigenvalue weighted by Crippen LogP contribution is 2.27. The number of urea groups is 1. The van der Waals surface area contributed by atoms with Crippen molar-refractivity contribution in [1.29, 1.82) is 0 Å². The molecular weight excluding hydrogens is 610 g/mol. The van der Waals surface area contributed by atoms with Crippen LogP contribution in [0.2, 0.25) is 20.2 Å². The molecule has 3 heterocycles. The number of halogens is 4. The van der Waals surface area contributed by atoms with Crippen molar-refractivity contribution in [2.45, 2.75) is 19.0 Å². The van der Waals surface area contributed by atoms with Crippen molar-refractivity contribution in [2.75, 3.05) is 29.9 Å². The average molecular weight is 634 g/mol. The summed E-state index contributed by atoms with van der Waals surface area (Å²) >= 11 is 24.5. The molecule has 41 heavy (non-hydrogen) atoms. The minimum Gasteiger partial charge on any atom is -0.352 e. The van der Waals surface area contributed by atoms with Crippen LogP contribution in [0, 0.1) is 0 Å². The van der Waals surface area contributed by atoms with E-state index in [-0.39, 0.29) is 30.1 Å². The SMILES string of the molecule is O=C(CC1CN(C(=O)Nc2ccc(Cl)c(Cl)c2)CCN1c1cc(Cl)nc(-n2ccnc2)n1)NCc1ccc(Cl)cc1. The van der Waals surface area contributed by atoms with Gasteiger partial charge in [0.05, 0.1) is 16.1 Å². The summed E-state index contributed by atoms with van der Waals surface area (Å²) in [5.41, 5.74) is 1.43. The zero-order chi connectivity index (χ0) is 28.9. The van der Waals surface area contributed by atoms with E-state index in [4.69, 9.17) is 46.4 Å². The minimum atomic E-state index is -0.407. The molecule has 0 radical (unpaired) electrons. The van der Waals surface area contributed by atoms with Gasteiger partial charge in [-0.15, -0.1) is 0 Å². The largest absolute Gasteiger partial charge is 0.352 e. The number of carbonyl (C=O) groups is 2. The van der Waals surface area contributed by atoms with Gasteiger partial charge in [0, 0.05) is 61.8 Å². The molecular formula is C27H24Cl4N8O2. The lowest BCUT2D eigenvalue weighted by molar-refractivity contribution is -0.121. The van der Waals surface area contributed by atoms with Gasteiger partial charge in [-0.1, -0.05) is 58.5 Å². The van der Waals surface area contributed by atoms with Gasteiger partial charge in [-0.2, -0.15) is 4.98 Å². The van der Waals surface area contributed by atoms with Crippen LogP contribution >= 0.6 is 46.4 Å². The summed E-state index contributed by atoms with van der Waals surface area (Å²) in [4.78, 5) is 42.9. The lowest BCUT2D eigenvalue weighted by Crippen LogP contribution is -2.57. The van der Waals surface area contributed by atoms with Gasteiger partial charge in [0.2, 0.25) is 11.9 Å². The monoisotopic (exact) mass is 632 g/mol. The Kier molecular flexibility index (Phi) is 9.14. The summed E-state index contributed by atoms with van der Waals surface area (Å²) in [5, 5.41) is 7.39. The van der Waals surface area contributed by atoms with E-state index in [0.29, 0.717) is 52.2 Å². The predicted octanol–water partition coefficient (Wildman–Crippen LogP) is 5.71. The average Bonchev–Trinajstić information content (AvgIpc) is 3.50. The Morgan fingerprint density at radius 3 is 2.49 bits per heavy atom. The molecule has 2 aromatic carbocycles. The maximum atomic E-state index is 13.2. The second kappa shape index (κ2) is 12.9. The molecule has 0 spiro atoms. The molecule has 1 saturated heterocycles. The van der Waals surface area contributed by atoms with Gasteiger partial charge < -0.3 is 20.4 Å². The summed E-state index contributed by atoms with van der Waals surface area (Å²) < 4.78 is 1.64. The lowest BCUT2D eigenvalue weighted by atomic mass is 10.1. The normalized spacial score (nSPS) is 15.1. The highest BCUT2D eigenvalue weighted by Gasteiger charge is 2.32. The first-order valence-electron chi connectivity index (χ1n) is 12.6. The third kappa shape index (κ3) is 7.39. The molecule has 1 fully saturated rings. The van der Waals surface area contributed by atoms with E-state index in [1.54, 1.807) is 64.6 Å². The third-order valence-electron chi connectivity index (χ3n) is 6.46. The van der Waals surface area contributed by atoms with E-state index in [1.165, 1.54) is 0 Å². The van der Waals surface area contributed by atoms with Crippen molar-refractivity contribution < 1.29 is 9.59 Å². The van der Waals surface area contributed by atoms with Crippen LogP contribution in [0.5, 0.6) is 0 Å². The molecule has 1 aliphatic heterocycles. The number of carbonyl (C=O) groups excluding carboxylic acids is 2. The molecule has 0 aliphatic carbocycles. The fourth-order valence-electron chi connectivity index (χ4n) is 4.42. The second-order valence-corrected chi connectivity index (χ2v) is 10.9. The molecule has 2 aromatic heterocycles. The standard InChI is InChI=1S/C27H24Cl4N8O2/c28-18-3-1-17(2-4-18)14-33-25(40)12-20-15-37(27(41)34-19-5-6-21(29)22(30)11-19)9-10-39(20)24-13-23(31)35-26(36-24)38-8-7-32-16-38/h1-8,11,13,16,20H,9-10,12,14-15H2,(H,33,40)(H,34,41). The quantitative estimate of drug-likeness (QED) is 0.253. The van der Waals surface area contributed by atoms with Gasteiger partial charge in [-0.25, -0.2) is 14.8 Å². The number of hydrogen-bond donors (Lipinski definition) is 2. The van der Waals surface area contributed by atoms with Crippen LogP contribution in [-0.4, -0.2) is 62.0 Å². The topological polar surface area (TPSA) is 108 Å². The summed E-state index contributed by atoms with van der Waals surface area (Å²) in [5.74, 6) is 0.696. The first-order valence-corrected chi connectivity index (χ1v) is 14.1. The molecule has 1 unspecified atom stereocenters. The number of rotatable bonds is 7. The Balaban J connectivity index is 1.34. The summed E-state index contributed by atoms with van der Waals surface area (Å²) in [6, 6.07) is 13.0. The zero-order valence-electron chi connectivity index (χ0n) is 21.5. The van der Waals surface area contributed by atoms with Crippen LogP contribution in [0.1, 0.15) is 12.0 Å². The van der Waals surface area contributed by atoms with Gasteiger partial charge in [0.25, 0.3) is 0 Å². The summed E-state index contributed by atoms with van der Waals surface area (Å²) in [6.45, 7) is 1.37. The van der Waals surface area contributed by atoms with Crippen molar-refractivity contribution in [2.24, 2.45) is 0 Å². The number of hydrogen-bond acceptors (Lipinski definition) is 6. The minimum absolute atomic E-state index is 0.103. The number of benzene rings is 2. The van der Waals surface area contributed by atoms with Crippen LogP contribution in [0.3, 0.4) is 0 Å². The summed E-state index contributed by atoms with van der Waals surface area (Å²) in [6.07, 6.45) is 5.00. The number of nitrogens with zero attached hydrogens (tertiary/aromatic N) is 6. The number of nitrogens with one attached hydrogen (secondary N) is 2. The van der Waals surface area contributed by atoms with Crippen molar-refractivity contribution in [1.82, 2.24) is 29.7 Å². The molecule has 5 rings (SSSR count). The lowest BCUT2D eigenvalue weighted by Gasteiger charge is -2.42. The molecule has 14 heteroatoms. The fourth-order valence-corrected chi connectivity index (χ4v) is 5.01. The number of piperazine rings is 1. The van der Waals surface area contributed by atoms with Crippen molar-refractivity contribution in [3.63, 3.8) is 0 Å². The highest BCUT2D eigenvalue weighted by molar-refractivity contribution is 6.42. The molecule has 4 aromatic rings. The van der Waals surface area contributed by atoms with Crippen molar-refractivity contribution >= 4 is 69.8 Å². The van der Waals surface area contributed by atoms with E-state index in [2.05, 4.69) is 25.6 Å². The maximum Gasteiger partial charge on any atom is 0.321 e. The fraction of sp³-hybridized carbons (Fsp3) is 0.222. The van der Waals surface area contributed by atoms with Crippen LogP contribution in [0.4, 0.5) is 16.3 Å². The molecule has 212 valence electrons. The predicted molar refractivity (Wildman–Crippen MR) is 160 cm³/mol. The molecule has 1 aliphatic rings. The molecule has 0 bridgehead atoms. The third-order valence-corrected chi connectivity index (χ3v) is 7.65. The van der Waals surface area contributed by atoms with E-state index in [0.717, 1.165) is 5.56 Å². The van der Waals surface area contributed by atoms with Gasteiger partial charge in [-0.3, -0.25) is 9.36 Å². The maximum absolute atomic E-state index is 13.2. The Bertz CT molecular complexity index is 1540. The molecule has 1 atom stereocenters. The molecule has 0 saturated carbocycles. The Labute approximate surface area is 256 Å². The molecule has 3 amide bonds. The van der Waals surface area contributed by atoms with E-state index < -0.39 is 6.04 Å². The summed E-state index contributed by atoms with van der Waals surface area (Å²) in [7, 11) is 0. The van der Waals surface area contributed by atoms with Gasteiger partial charge >= 0.3 is 6.03 Å². The Morgan fingerprint density at radius 1 is 0.951 bits per heavy atom. The zero-order valence-corrected chi connectivity index (χ0v) is 24.5. The van der Waals surface area contributed by atoms with Gasteiger partial charge in [0.1, 0.15) is 17.3 Å². The number of aromatic nitrogens is 4. The first kappa shape index (κ1) is 28.9. The van der Waals surface area contributed by atoms with Gasteiger partial charge in [0.15, 0.2) is 0 Å².